The summed E-state index contributed by atoms with van der Waals surface area (Å²) in [4.78, 5) is 25.1. The number of benzene rings is 2. The highest BCUT2D eigenvalue weighted by molar-refractivity contribution is 5.98. The fourth-order valence-corrected chi connectivity index (χ4v) is 4.81. The van der Waals surface area contributed by atoms with Crippen molar-refractivity contribution in [3.8, 4) is 11.1 Å². The van der Waals surface area contributed by atoms with Crippen LogP contribution in [-0.4, -0.2) is 35.6 Å². The van der Waals surface area contributed by atoms with Gasteiger partial charge in [0.25, 0.3) is 5.91 Å². The van der Waals surface area contributed by atoms with Gasteiger partial charge >= 0.3 is 6.18 Å². The van der Waals surface area contributed by atoms with Crippen LogP contribution in [0.15, 0.2) is 48.5 Å². The second-order valence-electron chi connectivity index (χ2n) is 8.65. The third kappa shape index (κ3) is 4.80. The summed E-state index contributed by atoms with van der Waals surface area (Å²) in [5.74, 6) is 0.248. The predicted molar refractivity (Wildman–Crippen MR) is 113 cm³/mol. The smallest absolute Gasteiger partial charge is 0.394 e. The van der Waals surface area contributed by atoms with E-state index in [-0.39, 0.29) is 17.5 Å². The van der Waals surface area contributed by atoms with Crippen LogP contribution in [0.2, 0.25) is 0 Å². The molecule has 0 spiro atoms. The molecule has 0 radical (unpaired) electrons. The van der Waals surface area contributed by atoms with Crippen molar-refractivity contribution in [2.45, 2.75) is 43.9 Å². The van der Waals surface area contributed by atoms with Crippen molar-refractivity contribution >= 4 is 11.8 Å². The van der Waals surface area contributed by atoms with Crippen molar-refractivity contribution in [1.82, 2.24) is 10.6 Å². The normalized spacial score (nSPS) is 23.1. The number of hydrogen-bond donors (Lipinski definition) is 3. The average Bonchev–Trinajstić information content (AvgIpc) is 3.40. The van der Waals surface area contributed by atoms with Gasteiger partial charge in [0.1, 0.15) is 6.04 Å². The van der Waals surface area contributed by atoms with E-state index in [0.717, 1.165) is 31.4 Å². The maximum atomic E-state index is 12.7. The Balaban J connectivity index is 1.36. The molecule has 0 aliphatic heterocycles. The van der Waals surface area contributed by atoms with Gasteiger partial charge in [0.05, 0.1) is 12.2 Å². The number of nitrogens with one attached hydrogen (secondary N) is 2. The Morgan fingerprint density at radius 2 is 1.59 bits per heavy atom. The minimum atomic E-state index is -4.40. The Bertz CT molecular complexity index is 973. The summed E-state index contributed by atoms with van der Waals surface area (Å²) >= 11 is 0. The lowest BCUT2D eigenvalue weighted by atomic mass is 9.95. The number of carbonyl (C=O) groups is 2. The highest BCUT2D eigenvalue weighted by Crippen LogP contribution is 2.44. The van der Waals surface area contributed by atoms with Gasteiger partial charge in [-0.15, -0.1) is 0 Å². The molecule has 2 aliphatic carbocycles. The lowest BCUT2D eigenvalue weighted by Crippen LogP contribution is -2.52. The number of aliphatic hydroxyl groups is 1. The van der Waals surface area contributed by atoms with Crippen LogP contribution in [0.3, 0.4) is 0 Å². The highest BCUT2D eigenvalue weighted by atomic mass is 19.4. The van der Waals surface area contributed by atoms with Gasteiger partial charge in [0, 0.05) is 11.6 Å². The van der Waals surface area contributed by atoms with Crippen LogP contribution in [0, 0.1) is 11.8 Å². The number of amides is 2. The Kier molecular flexibility index (Phi) is 6.24. The highest BCUT2D eigenvalue weighted by Gasteiger charge is 2.40. The van der Waals surface area contributed by atoms with Crippen LogP contribution >= 0.6 is 0 Å². The fourth-order valence-electron chi connectivity index (χ4n) is 4.81. The summed E-state index contributed by atoms with van der Waals surface area (Å²) in [6, 6.07) is 10.1. The Labute approximate surface area is 184 Å². The molecule has 2 bridgehead atoms. The van der Waals surface area contributed by atoms with E-state index >= 15 is 0 Å². The average molecular weight is 446 g/mol. The number of fused-ring (bicyclic) bond motifs is 2. The van der Waals surface area contributed by atoms with Crippen molar-refractivity contribution < 1.29 is 27.9 Å². The Hall–Kier alpha value is -2.87. The summed E-state index contributed by atoms with van der Waals surface area (Å²) in [6.45, 7) is -0.512. The molecule has 8 heteroatoms. The molecule has 170 valence electrons. The van der Waals surface area contributed by atoms with E-state index in [0.29, 0.717) is 23.0 Å². The number of alkyl halides is 3. The molecular formula is C24H25F3N2O3. The zero-order chi connectivity index (χ0) is 22.9. The standard InChI is InChI=1S/C24H25F3N2O3/c25-24(26,27)19-9-7-16(8-10-19)15-3-5-17(6-4-15)22(31)29-21(13-30)23(32)28-20-12-14-1-2-18(20)11-14/h3-10,14,18,20-21,30H,1-2,11-13H2,(H,28,32)(H,29,31)/t14?,18?,20?,21-/m0/s1. The predicted octanol–water partition coefficient (Wildman–Crippen LogP) is 3.77. The minimum Gasteiger partial charge on any atom is -0.394 e. The number of aliphatic hydroxyl groups excluding tert-OH is 1. The first kappa shape index (κ1) is 22.3. The molecule has 0 heterocycles. The summed E-state index contributed by atoms with van der Waals surface area (Å²) in [5, 5.41) is 15.1. The van der Waals surface area contributed by atoms with Crippen molar-refractivity contribution in [3.05, 3.63) is 59.7 Å². The molecule has 2 aromatic rings. The molecular weight excluding hydrogens is 421 g/mol. The Morgan fingerprint density at radius 3 is 2.09 bits per heavy atom. The van der Waals surface area contributed by atoms with Crippen LogP contribution < -0.4 is 10.6 Å². The Morgan fingerprint density at radius 1 is 0.969 bits per heavy atom. The zero-order valence-electron chi connectivity index (χ0n) is 17.4. The van der Waals surface area contributed by atoms with Crippen molar-refractivity contribution in [1.29, 1.82) is 0 Å². The van der Waals surface area contributed by atoms with Gasteiger partial charge in [-0.2, -0.15) is 13.2 Å². The van der Waals surface area contributed by atoms with E-state index < -0.39 is 30.3 Å². The molecule has 2 aromatic carbocycles. The molecule has 3 N–H and O–H groups in total. The quantitative estimate of drug-likeness (QED) is 0.632. The summed E-state index contributed by atoms with van der Waals surface area (Å²) in [5.41, 5.74) is 0.800. The minimum absolute atomic E-state index is 0.107. The van der Waals surface area contributed by atoms with E-state index in [1.54, 1.807) is 12.1 Å². The van der Waals surface area contributed by atoms with Crippen LogP contribution in [0.4, 0.5) is 13.2 Å². The molecule has 2 amide bonds. The van der Waals surface area contributed by atoms with Gasteiger partial charge in [0.15, 0.2) is 0 Å². The monoisotopic (exact) mass is 446 g/mol. The van der Waals surface area contributed by atoms with Crippen molar-refractivity contribution in [2.24, 2.45) is 11.8 Å². The molecule has 32 heavy (non-hydrogen) atoms. The van der Waals surface area contributed by atoms with Crippen molar-refractivity contribution in [3.63, 3.8) is 0 Å². The van der Waals surface area contributed by atoms with Crippen LogP contribution in [0.1, 0.15) is 41.6 Å². The molecule has 3 unspecified atom stereocenters. The SMILES string of the molecule is O=C(N[C@@H](CO)C(=O)NC1CC2CCC1C2)c1ccc(-c2ccc(C(F)(F)F)cc2)cc1. The maximum absolute atomic E-state index is 12.7. The van der Waals surface area contributed by atoms with Gasteiger partial charge < -0.3 is 15.7 Å². The van der Waals surface area contributed by atoms with E-state index in [9.17, 15) is 27.9 Å². The fraction of sp³-hybridized carbons (Fsp3) is 0.417. The van der Waals surface area contributed by atoms with Gasteiger partial charge in [-0.3, -0.25) is 9.59 Å². The van der Waals surface area contributed by atoms with Gasteiger partial charge in [-0.25, -0.2) is 0 Å². The van der Waals surface area contributed by atoms with E-state index in [2.05, 4.69) is 10.6 Å². The molecule has 4 atom stereocenters. The lowest BCUT2D eigenvalue weighted by Gasteiger charge is -2.25. The maximum Gasteiger partial charge on any atom is 0.416 e. The second kappa shape index (κ2) is 8.94. The largest absolute Gasteiger partial charge is 0.416 e. The molecule has 0 saturated heterocycles. The molecule has 0 aromatic heterocycles. The number of hydrogen-bond acceptors (Lipinski definition) is 3. The summed E-state index contributed by atoms with van der Waals surface area (Å²) in [6.07, 6.45) is 0.00434. The van der Waals surface area contributed by atoms with E-state index in [1.807, 2.05) is 0 Å². The van der Waals surface area contributed by atoms with Crippen LogP contribution in [-0.2, 0) is 11.0 Å². The van der Waals surface area contributed by atoms with Crippen LogP contribution in [0.25, 0.3) is 11.1 Å². The van der Waals surface area contributed by atoms with Gasteiger partial charge in [0.2, 0.25) is 5.91 Å². The topological polar surface area (TPSA) is 78.4 Å². The first-order chi connectivity index (χ1) is 15.2. The molecule has 2 aliphatic rings. The molecule has 5 nitrogen and oxygen atoms in total. The molecule has 2 saturated carbocycles. The van der Waals surface area contributed by atoms with Crippen molar-refractivity contribution in [2.75, 3.05) is 6.61 Å². The third-order valence-corrected chi connectivity index (χ3v) is 6.56. The van der Waals surface area contributed by atoms with E-state index in [1.165, 1.54) is 30.7 Å². The number of carbonyl (C=O) groups excluding carboxylic acids is 2. The zero-order valence-corrected chi connectivity index (χ0v) is 17.4. The number of halogens is 3. The lowest BCUT2D eigenvalue weighted by molar-refractivity contribution is -0.137. The van der Waals surface area contributed by atoms with E-state index in [4.69, 9.17) is 0 Å². The van der Waals surface area contributed by atoms with Gasteiger partial charge in [-0.1, -0.05) is 30.7 Å². The van der Waals surface area contributed by atoms with Gasteiger partial charge in [-0.05, 0) is 66.5 Å². The summed E-state index contributed by atoms with van der Waals surface area (Å²) in [7, 11) is 0. The summed E-state index contributed by atoms with van der Waals surface area (Å²) < 4.78 is 38.1. The molecule has 4 rings (SSSR count). The third-order valence-electron chi connectivity index (χ3n) is 6.56. The first-order valence-electron chi connectivity index (χ1n) is 10.7. The number of rotatable bonds is 6. The molecule has 2 fully saturated rings. The first-order valence-corrected chi connectivity index (χ1v) is 10.7. The van der Waals surface area contributed by atoms with Crippen LogP contribution in [0.5, 0.6) is 0 Å². The second-order valence-corrected chi connectivity index (χ2v) is 8.65.